The Morgan fingerprint density at radius 1 is 1.37 bits per heavy atom. The molecule has 1 saturated heterocycles. The molecule has 148 valence electrons. The lowest BCUT2D eigenvalue weighted by molar-refractivity contribution is -0.265. The lowest BCUT2D eigenvalue weighted by Crippen LogP contribution is -2.59. The molecule has 1 aliphatic rings. The number of esters is 1. The van der Waals surface area contributed by atoms with Gasteiger partial charge in [0.25, 0.3) is 0 Å². The van der Waals surface area contributed by atoms with Crippen molar-refractivity contribution in [2.45, 2.75) is 50.4 Å². The zero-order chi connectivity index (χ0) is 19.6. The number of nitrogens with zero attached hydrogens (tertiary/aromatic N) is 3. The van der Waals surface area contributed by atoms with Crippen LogP contribution in [-0.2, 0) is 18.9 Å². The minimum Gasteiger partial charge on any atom is -0.459 e. The Labute approximate surface area is 157 Å². The maximum absolute atomic E-state index is 12.1. The van der Waals surface area contributed by atoms with Crippen LogP contribution in [0.2, 0.25) is 0 Å². The molecule has 0 bridgehead atoms. The van der Waals surface area contributed by atoms with Gasteiger partial charge in [-0.1, -0.05) is 36.7 Å². The smallest absolute Gasteiger partial charge is 0.338 e. The zero-order valence-electron chi connectivity index (χ0n) is 15.4. The first-order chi connectivity index (χ1) is 13.1. The maximum Gasteiger partial charge on any atom is 0.338 e. The molecule has 1 fully saturated rings. The second-order valence-electron chi connectivity index (χ2n) is 6.12. The van der Waals surface area contributed by atoms with Crippen LogP contribution < -0.4 is 0 Å². The van der Waals surface area contributed by atoms with Crippen molar-refractivity contribution >= 4 is 5.97 Å². The molecule has 0 radical (unpaired) electrons. The van der Waals surface area contributed by atoms with Crippen molar-refractivity contribution in [3.05, 3.63) is 46.3 Å². The maximum atomic E-state index is 12.1. The number of ether oxygens (including phenoxy) is 4. The highest BCUT2D eigenvalue weighted by Gasteiger charge is 2.46. The van der Waals surface area contributed by atoms with Crippen LogP contribution in [0.5, 0.6) is 0 Å². The molecule has 1 heterocycles. The summed E-state index contributed by atoms with van der Waals surface area (Å²) in [5, 5.41) is 14.3. The van der Waals surface area contributed by atoms with E-state index in [1.807, 2.05) is 6.92 Å². The predicted molar refractivity (Wildman–Crippen MR) is 96.0 cm³/mol. The molecule has 2 unspecified atom stereocenters. The molecule has 1 aliphatic heterocycles. The minimum absolute atomic E-state index is 0.189. The SMILES string of the molecule is CCCCOC1C(N=[N+]=[N-])[C@@H](OC)O[C@H](COC(=O)c2ccccc2)[C@@H]1O. The molecule has 1 aromatic carbocycles. The normalized spacial score (nSPS) is 27.6. The summed E-state index contributed by atoms with van der Waals surface area (Å²) in [5.41, 5.74) is 9.21. The summed E-state index contributed by atoms with van der Waals surface area (Å²) < 4.78 is 21.9. The Kier molecular flexibility index (Phi) is 8.50. The average molecular weight is 379 g/mol. The molecule has 5 atom stereocenters. The zero-order valence-corrected chi connectivity index (χ0v) is 15.4. The molecule has 9 heteroatoms. The number of hydrogen-bond donors (Lipinski definition) is 1. The van der Waals surface area contributed by atoms with Crippen LogP contribution in [0.25, 0.3) is 10.4 Å². The number of hydrogen-bond acceptors (Lipinski definition) is 7. The van der Waals surface area contributed by atoms with E-state index in [9.17, 15) is 9.90 Å². The van der Waals surface area contributed by atoms with Gasteiger partial charge in [0.1, 0.15) is 24.9 Å². The molecule has 0 aliphatic carbocycles. The number of methoxy groups -OCH3 is 1. The molecule has 0 aromatic heterocycles. The van der Waals surface area contributed by atoms with Gasteiger partial charge in [0.15, 0.2) is 6.29 Å². The van der Waals surface area contributed by atoms with Gasteiger partial charge >= 0.3 is 5.97 Å². The van der Waals surface area contributed by atoms with Gasteiger partial charge in [-0.3, -0.25) is 0 Å². The van der Waals surface area contributed by atoms with Gasteiger partial charge in [0.2, 0.25) is 0 Å². The highest BCUT2D eigenvalue weighted by Crippen LogP contribution is 2.27. The number of azide groups is 1. The Bertz CT molecular complexity index is 637. The first-order valence-corrected chi connectivity index (χ1v) is 8.86. The van der Waals surface area contributed by atoms with Gasteiger partial charge in [-0.25, -0.2) is 4.79 Å². The van der Waals surface area contributed by atoms with E-state index in [1.54, 1.807) is 30.3 Å². The van der Waals surface area contributed by atoms with Crippen LogP contribution >= 0.6 is 0 Å². The number of aliphatic hydroxyl groups is 1. The highest BCUT2D eigenvalue weighted by atomic mass is 16.7. The summed E-state index contributed by atoms with van der Waals surface area (Å²) >= 11 is 0. The van der Waals surface area contributed by atoms with E-state index in [1.165, 1.54) is 7.11 Å². The summed E-state index contributed by atoms with van der Waals surface area (Å²) in [6.45, 7) is 2.21. The molecular weight excluding hydrogens is 354 g/mol. The molecule has 1 aromatic rings. The molecular formula is C18H25N3O6. The van der Waals surface area contributed by atoms with Crippen LogP contribution in [0.4, 0.5) is 0 Å². The van der Waals surface area contributed by atoms with E-state index < -0.39 is 36.6 Å². The Morgan fingerprint density at radius 2 is 2.11 bits per heavy atom. The van der Waals surface area contributed by atoms with E-state index in [4.69, 9.17) is 24.5 Å². The predicted octanol–water partition coefficient (Wildman–Crippen LogP) is 2.44. The lowest BCUT2D eigenvalue weighted by Gasteiger charge is -2.42. The fraction of sp³-hybridized carbons (Fsp3) is 0.611. The van der Waals surface area contributed by atoms with Crippen molar-refractivity contribution in [2.24, 2.45) is 5.11 Å². The van der Waals surface area contributed by atoms with E-state index in [0.717, 1.165) is 12.8 Å². The minimum atomic E-state index is -1.15. The summed E-state index contributed by atoms with van der Waals surface area (Å²) in [7, 11) is 1.40. The number of aliphatic hydroxyl groups excluding tert-OH is 1. The lowest BCUT2D eigenvalue weighted by atomic mass is 9.97. The Hall–Kier alpha value is -2.16. The third-order valence-electron chi connectivity index (χ3n) is 4.26. The van der Waals surface area contributed by atoms with Crippen LogP contribution in [0.15, 0.2) is 35.4 Å². The average Bonchev–Trinajstić information content (AvgIpc) is 2.70. The van der Waals surface area contributed by atoms with Crippen molar-refractivity contribution in [3.63, 3.8) is 0 Å². The van der Waals surface area contributed by atoms with Crippen LogP contribution in [0.3, 0.4) is 0 Å². The second kappa shape index (κ2) is 10.9. The summed E-state index contributed by atoms with van der Waals surface area (Å²) in [6.07, 6.45) is -2.06. The topological polar surface area (TPSA) is 123 Å². The number of benzene rings is 1. The highest BCUT2D eigenvalue weighted by molar-refractivity contribution is 5.89. The van der Waals surface area contributed by atoms with Gasteiger partial charge < -0.3 is 24.1 Å². The number of carbonyl (C=O) groups is 1. The second-order valence-corrected chi connectivity index (χ2v) is 6.12. The molecule has 27 heavy (non-hydrogen) atoms. The van der Waals surface area contributed by atoms with Gasteiger partial charge in [0.05, 0.1) is 11.7 Å². The third kappa shape index (κ3) is 5.66. The van der Waals surface area contributed by atoms with Crippen molar-refractivity contribution in [2.75, 3.05) is 20.3 Å². The molecule has 1 N–H and O–H groups in total. The summed E-state index contributed by atoms with van der Waals surface area (Å²) in [6, 6.07) is 7.66. The fourth-order valence-corrected chi connectivity index (χ4v) is 2.79. The molecule has 2 rings (SSSR count). The van der Waals surface area contributed by atoms with Crippen LogP contribution in [-0.4, -0.2) is 62.0 Å². The number of unbranched alkanes of at least 4 members (excludes halogenated alkanes) is 1. The third-order valence-corrected chi connectivity index (χ3v) is 4.26. The quantitative estimate of drug-likeness (QED) is 0.231. The molecule has 0 saturated carbocycles. The van der Waals surface area contributed by atoms with E-state index in [2.05, 4.69) is 10.0 Å². The van der Waals surface area contributed by atoms with E-state index in [-0.39, 0.29) is 6.61 Å². The number of carbonyl (C=O) groups excluding carboxylic acids is 1. The molecule has 9 nitrogen and oxygen atoms in total. The van der Waals surface area contributed by atoms with Gasteiger partial charge in [-0.15, -0.1) is 0 Å². The largest absolute Gasteiger partial charge is 0.459 e. The first kappa shape index (κ1) is 21.1. The molecule has 0 spiro atoms. The monoisotopic (exact) mass is 379 g/mol. The molecule has 0 amide bonds. The van der Waals surface area contributed by atoms with Crippen molar-refractivity contribution in [1.29, 1.82) is 0 Å². The fourth-order valence-electron chi connectivity index (χ4n) is 2.79. The van der Waals surface area contributed by atoms with Gasteiger partial charge in [-0.05, 0) is 24.1 Å². The standard InChI is InChI=1S/C18H25N3O6/c1-3-4-10-25-16-14(20-21-19)18(24-2)27-13(15(16)22)11-26-17(23)12-8-6-5-7-9-12/h5-9,13-16,18,22H,3-4,10-11H2,1-2H3/t13-,14?,15+,16?,18+/m1/s1. The van der Waals surface area contributed by atoms with E-state index >= 15 is 0 Å². The van der Waals surface area contributed by atoms with Crippen LogP contribution in [0.1, 0.15) is 30.1 Å². The van der Waals surface area contributed by atoms with Crippen LogP contribution in [0, 0.1) is 0 Å². The Morgan fingerprint density at radius 3 is 2.74 bits per heavy atom. The number of rotatable bonds is 9. The van der Waals surface area contributed by atoms with Crippen molar-refractivity contribution in [1.82, 2.24) is 0 Å². The van der Waals surface area contributed by atoms with Gasteiger partial charge in [-0.2, -0.15) is 0 Å². The van der Waals surface area contributed by atoms with Crippen molar-refractivity contribution in [3.8, 4) is 0 Å². The van der Waals surface area contributed by atoms with Crippen molar-refractivity contribution < 1.29 is 28.8 Å². The summed E-state index contributed by atoms with van der Waals surface area (Å²) in [5.74, 6) is -0.527. The van der Waals surface area contributed by atoms with Gasteiger partial charge in [0, 0.05) is 18.6 Å². The first-order valence-electron chi connectivity index (χ1n) is 8.86. The van der Waals surface area contributed by atoms with E-state index in [0.29, 0.717) is 12.2 Å². The Balaban J connectivity index is 2.06. The summed E-state index contributed by atoms with van der Waals surface area (Å²) in [4.78, 5) is 14.9.